The zero-order valence-corrected chi connectivity index (χ0v) is 25.5. The Morgan fingerprint density at radius 1 is 1.07 bits per heavy atom. The highest BCUT2D eigenvalue weighted by Gasteiger charge is 2.20. The number of nitrogens with zero attached hydrogens (tertiary/aromatic N) is 1. The number of carboxylic acid groups (broad SMARTS) is 1. The van der Waals surface area contributed by atoms with Crippen molar-refractivity contribution in [1.29, 1.82) is 0 Å². The summed E-state index contributed by atoms with van der Waals surface area (Å²) in [5, 5.41) is 13.1. The molecule has 0 aliphatic heterocycles. The first-order valence-electron chi connectivity index (χ1n) is 13.5. The molecule has 1 atom stereocenters. The van der Waals surface area contributed by atoms with Crippen LogP contribution in [0.3, 0.4) is 0 Å². The van der Waals surface area contributed by atoms with E-state index in [9.17, 15) is 14.7 Å². The number of amides is 1. The molecule has 0 aliphatic rings. The molecule has 0 unspecified atom stereocenters. The van der Waals surface area contributed by atoms with E-state index in [0.717, 1.165) is 32.1 Å². The predicted octanol–water partition coefficient (Wildman–Crippen LogP) is 7.14. The van der Waals surface area contributed by atoms with Crippen LogP contribution in [0.4, 0.5) is 0 Å². The van der Waals surface area contributed by atoms with Crippen LogP contribution in [-0.4, -0.2) is 47.2 Å². The standard InChI is InChI=1S/C33H34N2O5S2/c1-4-39-21-29(30-19-34-32(42-30)24-11-6-5-7-12-24)40-20-23-14-15-26(27(18-23)25-13-9-8-10-22(25)2)31(36)35-28(33(37)38)16-17-41-3/h5-16,18-19,29H,4,17,20-21H2,1-3H3,(H,35,36)(H,37,38)/b28-16+/t29-/m0/s1. The molecule has 0 spiro atoms. The van der Waals surface area contributed by atoms with E-state index in [-0.39, 0.29) is 18.4 Å². The number of aryl methyl sites for hydroxylation is 1. The fraction of sp³-hybridized carbons (Fsp3) is 0.242. The van der Waals surface area contributed by atoms with Crippen molar-refractivity contribution in [3.05, 3.63) is 112 Å². The highest BCUT2D eigenvalue weighted by Crippen LogP contribution is 2.33. The molecule has 0 radical (unpaired) electrons. The van der Waals surface area contributed by atoms with Gasteiger partial charge in [0.15, 0.2) is 0 Å². The minimum absolute atomic E-state index is 0.143. The minimum atomic E-state index is -1.18. The Hall–Kier alpha value is -3.76. The lowest BCUT2D eigenvalue weighted by Gasteiger charge is -2.18. The van der Waals surface area contributed by atoms with Crippen molar-refractivity contribution in [3.63, 3.8) is 0 Å². The van der Waals surface area contributed by atoms with Crippen LogP contribution in [0.2, 0.25) is 0 Å². The Morgan fingerprint density at radius 3 is 2.55 bits per heavy atom. The van der Waals surface area contributed by atoms with Crippen LogP contribution in [0.1, 0.15) is 39.4 Å². The predicted molar refractivity (Wildman–Crippen MR) is 170 cm³/mol. The number of benzene rings is 3. The molecule has 218 valence electrons. The van der Waals surface area contributed by atoms with Gasteiger partial charge in [0, 0.05) is 29.7 Å². The van der Waals surface area contributed by atoms with Crippen molar-refractivity contribution in [1.82, 2.24) is 10.3 Å². The van der Waals surface area contributed by atoms with Gasteiger partial charge in [-0.05, 0) is 60.6 Å². The second-order valence-corrected chi connectivity index (χ2v) is 11.4. The molecule has 9 heteroatoms. The van der Waals surface area contributed by atoms with Gasteiger partial charge in [0.2, 0.25) is 0 Å². The number of carboxylic acids is 1. The minimum Gasteiger partial charge on any atom is -0.477 e. The summed E-state index contributed by atoms with van der Waals surface area (Å²) >= 11 is 3.05. The van der Waals surface area contributed by atoms with Crippen LogP contribution >= 0.6 is 23.1 Å². The second kappa shape index (κ2) is 15.5. The van der Waals surface area contributed by atoms with Gasteiger partial charge < -0.3 is 19.9 Å². The van der Waals surface area contributed by atoms with E-state index in [1.165, 1.54) is 17.8 Å². The summed E-state index contributed by atoms with van der Waals surface area (Å²) in [6.07, 6.45) is 4.89. The highest BCUT2D eigenvalue weighted by atomic mass is 32.2. The normalized spacial score (nSPS) is 12.2. The van der Waals surface area contributed by atoms with Crippen LogP contribution in [0.5, 0.6) is 0 Å². The summed E-state index contributed by atoms with van der Waals surface area (Å²) in [5.74, 6) is -1.19. The molecule has 4 rings (SSSR count). The molecular formula is C33H34N2O5S2. The van der Waals surface area contributed by atoms with Gasteiger partial charge in [0.1, 0.15) is 16.8 Å². The Balaban J connectivity index is 1.61. The Bertz CT molecular complexity index is 1530. The third kappa shape index (κ3) is 8.17. The zero-order valence-electron chi connectivity index (χ0n) is 23.8. The van der Waals surface area contributed by atoms with E-state index in [1.54, 1.807) is 17.4 Å². The Morgan fingerprint density at radius 2 is 1.83 bits per heavy atom. The van der Waals surface area contributed by atoms with Gasteiger partial charge in [-0.3, -0.25) is 4.79 Å². The van der Waals surface area contributed by atoms with Crippen LogP contribution < -0.4 is 5.32 Å². The number of hydrogen-bond acceptors (Lipinski definition) is 7. The van der Waals surface area contributed by atoms with Crippen molar-refractivity contribution in [2.24, 2.45) is 0 Å². The first-order chi connectivity index (χ1) is 20.4. The zero-order chi connectivity index (χ0) is 29.9. The van der Waals surface area contributed by atoms with E-state index < -0.39 is 11.9 Å². The van der Waals surface area contributed by atoms with Crippen LogP contribution in [0.25, 0.3) is 21.7 Å². The number of thioether (sulfide) groups is 1. The number of aromatic nitrogens is 1. The average Bonchev–Trinajstić information content (AvgIpc) is 3.50. The molecule has 0 fully saturated rings. The number of hydrogen-bond donors (Lipinski definition) is 2. The fourth-order valence-corrected chi connectivity index (χ4v) is 5.60. The van der Waals surface area contributed by atoms with Gasteiger partial charge in [-0.1, -0.05) is 60.7 Å². The Labute approximate surface area is 254 Å². The lowest BCUT2D eigenvalue weighted by Crippen LogP contribution is -2.28. The maximum atomic E-state index is 13.4. The van der Waals surface area contributed by atoms with Crippen LogP contribution in [-0.2, 0) is 20.9 Å². The number of thiazole rings is 1. The third-order valence-corrected chi connectivity index (χ3v) is 8.12. The summed E-state index contributed by atoms with van der Waals surface area (Å²) in [6, 6.07) is 23.3. The molecular weight excluding hydrogens is 569 g/mol. The maximum Gasteiger partial charge on any atom is 0.352 e. The average molecular weight is 603 g/mol. The summed E-state index contributed by atoms with van der Waals surface area (Å²) in [7, 11) is 0. The van der Waals surface area contributed by atoms with Gasteiger partial charge in [-0.15, -0.1) is 11.3 Å². The van der Waals surface area contributed by atoms with Gasteiger partial charge >= 0.3 is 5.97 Å². The molecule has 2 N–H and O–H groups in total. The van der Waals surface area contributed by atoms with E-state index in [2.05, 4.69) is 10.3 Å². The van der Waals surface area contributed by atoms with E-state index in [4.69, 9.17) is 9.47 Å². The number of carbonyl (C=O) groups is 2. The molecule has 1 aromatic heterocycles. The molecule has 0 bridgehead atoms. The maximum absolute atomic E-state index is 13.4. The molecule has 3 aromatic carbocycles. The van der Waals surface area contributed by atoms with E-state index in [0.29, 0.717) is 30.1 Å². The molecule has 42 heavy (non-hydrogen) atoms. The summed E-state index contributed by atoms with van der Waals surface area (Å²) in [4.78, 5) is 30.7. The summed E-state index contributed by atoms with van der Waals surface area (Å²) in [6.45, 7) is 5.16. The lowest BCUT2D eigenvalue weighted by molar-refractivity contribution is -0.133. The molecule has 0 aliphatic carbocycles. The van der Waals surface area contributed by atoms with Crippen molar-refractivity contribution in [3.8, 4) is 21.7 Å². The number of aliphatic carboxylic acids is 1. The van der Waals surface area contributed by atoms with Crippen LogP contribution in [0, 0.1) is 6.92 Å². The van der Waals surface area contributed by atoms with Gasteiger partial charge in [-0.2, -0.15) is 11.8 Å². The molecule has 1 heterocycles. The number of nitrogens with one attached hydrogen (secondary N) is 1. The SMILES string of the molecule is CCOC[C@H](OCc1ccc(C(=O)N/C(=C/CSC)C(=O)O)c(-c2ccccc2C)c1)c1cnc(-c2ccccc2)s1. The highest BCUT2D eigenvalue weighted by molar-refractivity contribution is 7.98. The lowest BCUT2D eigenvalue weighted by atomic mass is 9.94. The van der Waals surface area contributed by atoms with E-state index >= 15 is 0 Å². The van der Waals surface area contributed by atoms with Crippen molar-refractivity contribution >= 4 is 35.0 Å². The third-order valence-electron chi connectivity index (χ3n) is 6.48. The van der Waals surface area contributed by atoms with Crippen LogP contribution in [0.15, 0.2) is 90.8 Å². The topological polar surface area (TPSA) is 97.8 Å². The van der Waals surface area contributed by atoms with Crippen molar-refractivity contribution in [2.45, 2.75) is 26.6 Å². The smallest absolute Gasteiger partial charge is 0.352 e. The summed E-state index contributed by atoms with van der Waals surface area (Å²) < 4.78 is 12.1. The fourth-order valence-electron chi connectivity index (χ4n) is 4.31. The van der Waals surface area contributed by atoms with Gasteiger partial charge in [0.05, 0.1) is 18.1 Å². The molecule has 0 saturated heterocycles. The van der Waals surface area contributed by atoms with Gasteiger partial charge in [0.25, 0.3) is 5.91 Å². The van der Waals surface area contributed by atoms with Gasteiger partial charge in [-0.25, -0.2) is 9.78 Å². The first-order valence-corrected chi connectivity index (χ1v) is 15.8. The second-order valence-electron chi connectivity index (χ2n) is 9.42. The first kappa shape index (κ1) is 31.2. The number of rotatable bonds is 14. The largest absolute Gasteiger partial charge is 0.477 e. The van der Waals surface area contributed by atoms with E-state index in [1.807, 2.05) is 93.0 Å². The molecule has 0 saturated carbocycles. The monoisotopic (exact) mass is 602 g/mol. The quantitative estimate of drug-likeness (QED) is 0.148. The van der Waals surface area contributed by atoms with Crippen molar-refractivity contribution in [2.75, 3.05) is 25.2 Å². The molecule has 4 aromatic rings. The van der Waals surface area contributed by atoms with Crippen molar-refractivity contribution < 1.29 is 24.2 Å². The number of carbonyl (C=O) groups excluding carboxylic acids is 1. The number of ether oxygens (including phenoxy) is 2. The molecule has 1 amide bonds. The summed E-state index contributed by atoms with van der Waals surface area (Å²) in [5.41, 5.74) is 4.74. The Kier molecular flexibility index (Phi) is 11.5. The molecule has 7 nitrogen and oxygen atoms in total.